The van der Waals surface area contributed by atoms with Crippen LogP contribution in [-0.4, -0.2) is 36.0 Å². The number of benzene rings is 1. The lowest BCUT2D eigenvalue weighted by Crippen LogP contribution is -2.39. The van der Waals surface area contributed by atoms with Gasteiger partial charge in [-0.15, -0.1) is 11.3 Å². The van der Waals surface area contributed by atoms with Crippen molar-refractivity contribution in [3.05, 3.63) is 62.3 Å². The molecule has 0 atom stereocenters. The summed E-state index contributed by atoms with van der Waals surface area (Å²) in [4.78, 5) is 16.2. The summed E-state index contributed by atoms with van der Waals surface area (Å²) in [6.45, 7) is 2.13. The molecule has 2 rings (SSSR count). The number of nitrogens with zero attached hydrogens (tertiary/aromatic N) is 2. The van der Waals surface area contributed by atoms with Gasteiger partial charge in [0.05, 0.1) is 11.5 Å². The van der Waals surface area contributed by atoms with Gasteiger partial charge in [-0.25, -0.2) is 4.99 Å². The van der Waals surface area contributed by atoms with E-state index in [4.69, 9.17) is 0 Å². The minimum Gasteiger partial charge on any atom is -0.356 e. The van der Waals surface area contributed by atoms with Gasteiger partial charge >= 0.3 is 0 Å². The topological polar surface area (TPSA) is 79.6 Å². The summed E-state index contributed by atoms with van der Waals surface area (Å²) in [6, 6.07) is 10.7. The molecule has 0 aliphatic heterocycles. The first kappa shape index (κ1) is 19.3. The summed E-state index contributed by atoms with van der Waals surface area (Å²) in [6.07, 6.45) is 3.03. The van der Waals surface area contributed by atoms with Crippen LogP contribution in [0.4, 0.5) is 5.69 Å². The Morgan fingerprint density at radius 1 is 1.24 bits per heavy atom. The molecule has 1 aromatic heterocycles. The molecule has 0 saturated heterocycles. The molecule has 8 heteroatoms. The highest BCUT2D eigenvalue weighted by molar-refractivity contribution is 7.98. The predicted molar refractivity (Wildman–Crippen MR) is 107 cm³/mol. The summed E-state index contributed by atoms with van der Waals surface area (Å²) >= 11 is 3.53. The molecule has 0 aliphatic rings. The van der Waals surface area contributed by atoms with Gasteiger partial charge < -0.3 is 10.6 Å². The Bertz CT molecular complexity index is 672. The van der Waals surface area contributed by atoms with Crippen molar-refractivity contribution in [2.45, 2.75) is 13.0 Å². The normalized spacial score (nSPS) is 11.3. The van der Waals surface area contributed by atoms with Gasteiger partial charge in [-0.05, 0) is 29.7 Å². The number of guanidine groups is 1. The van der Waals surface area contributed by atoms with Crippen LogP contribution in [0.5, 0.6) is 0 Å². The van der Waals surface area contributed by atoms with E-state index in [1.807, 2.05) is 0 Å². The van der Waals surface area contributed by atoms with E-state index in [2.05, 4.69) is 39.4 Å². The van der Waals surface area contributed by atoms with E-state index in [1.165, 1.54) is 17.0 Å². The molecular weight excluding hydrogens is 356 g/mol. The molecule has 0 fully saturated rings. The summed E-state index contributed by atoms with van der Waals surface area (Å²) in [5.41, 5.74) is 1.04. The molecule has 2 aromatic rings. The zero-order valence-corrected chi connectivity index (χ0v) is 15.7. The van der Waals surface area contributed by atoms with Gasteiger partial charge in [-0.2, -0.15) is 11.8 Å². The van der Waals surface area contributed by atoms with E-state index in [-0.39, 0.29) is 5.69 Å². The van der Waals surface area contributed by atoms with Crippen LogP contribution in [0.1, 0.15) is 10.4 Å². The number of nitrogens with one attached hydrogen (secondary N) is 2. The van der Waals surface area contributed by atoms with Crippen molar-refractivity contribution in [3.8, 4) is 0 Å². The summed E-state index contributed by atoms with van der Waals surface area (Å²) in [5, 5.41) is 19.4. The third-order valence-corrected chi connectivity index (χ3v) is 4.96. The SMILES string of the molecule is CSCCNC(=NCc1ccc([N+](=O)[O-])cc1)NCCc1cccs1. The fourth-order valence-electron chi connectivity index (χ4n) is 2.10. The number of non-ortho nitro benzene ring substituents is 1. The number of hydrogen-bond acceptors (Lipinski definition) is 5. The number of thiophene rings is 1. The van der Waals surface area contributed by atoms with Crippen LogP contribution >= 0.6 is 23.1 Å². The molecule has 0 bridgehead atoms. The van der Waals surface area contributed by atoms with Crippen molar-refractivity contribution in [1.82, 2.24) is 10.6 Å². The standard InChI is InChI=1S/C17H22N4O2S2/c1-24-12-10-19-17(18-9-8-16-3-2-11-25-16)20-13-14-4-6-15(7-5-14)21(22)23/h2-7,11H,8-10,12-13H2,1H3,(H2,18,19,20). The number of thioether (sulfide) groups is 1. The minimum atomic E-state index is -0.394. The first-order chi connectivity index (χ1) is 12.2. The average molecular weight is 379 g/mol. The molecule has 0 aliphatic carbocycles. The van der Waals surface area contributed by atoms with Crippen molar-refractivity contribution in [2.75, 3.05) is 25.1 Å². The highest BCUT2D eigenvalue weighted by Gasteiger charge is 2.04. The monoisotopic (exact) mass is 378 g/mol. The van der Waals surface area contributed by atoms with Crippen LogP contribution in [0.25, 0.3) is 0 Å². The maximum absolute atomic E-state index is 10.7. The van der Waals surface area contributed by atoms with Crippen LogP contribution in [0.2, 0.25) is 0 Å². The summed E-state index contributed by atoms with van der Waals surface area (Å²) in [5.74, 6) is 1.77. The van der Waals surface area contributed by atoms with E-state index < -0.39 is 4.92 Å². The van der Waals surface area contributed by atoms with E-state index in [1.54, 1.807) is 35.2 Å². The molecule has 25 heavy (non-hydrogen) atoms. The number of hydrogen-bond donors (Lipinski definition) is 2. The quantitative estimate of drug-likeness (QED) is 0.230. The molecule has 1 aromatic carbocycles. The molecule has 1 heterocycles. The third-order valence-electron chi connectivity index (χ3n) is 3.41. The molecule has 0 unspecified atom stereocenters. The van der Waals surface area contributed by atoms with Crippen molar-refractivity contribution >= 4 is 34.7 Å². The Morgan fingerprint density at radius 3 is 2.64 bits per heavy atom. The summed E-state index contributed by atoms with van der Waals surface area (Å²) in [7, 11) is 0. The third kappa shape index (κ3) is 7.15. The van der Waals surface area contributed by atoms with Crippen LogP contribution in [-0.2, 0) is 13.0 Å². The largest absolute Gasteiger partial charge is 0.356 e. The highest BCUT2D eigenvalue weighted by atomic mass is 32.2. The molecule has 0 saturated carbocycles. The minimum absolute atomic E-state index is 0.0973. The average Bonchev–Trinajstić information content (AvgIpc) is 3.13. The fourth-order valence-corrected chi connectivity index (χ4v) is 3.11. The lowest BCUT2D eigenvalue weighted by atomic mass is 10.2. The maximum Gasteiger partial charge on any atom is 0.269 e. The van der Waals surface area contributed by atoms with Crippen molar-refractivity contribution < 1.29 is 4.92 Å². The van der Waals surface area contributed by atoms with Crippen LogP contribution < -0.4 is 10.6 Å². The zero-order valence-electron chi connectivity index (χ0n) is 14.1. The van der Waals surface area contributed by atoms with E-state index in [0.29, 0.717) is 6.54 Å². The molecule has 134 valence electrons. The van der Waals surface area contributed by atoms with E-state index in [0.717, 1.165) is 36.8 Å². The Balaban J connectivity index is 1.90. The van der Waals surface area contributed by atoms with Gasteiger partial charge in [0.1, 0.15) is 0 Å². The van der Waals surface area contributed by atoms with Gasteiger partial charge in [-0.1, -0.05) is 18.2 Å². The van der Waals surface area contributed by atoms with Gasteiger partial charge in [0, 0.05) is 35.9 Å². The fraction of sp³-hybridized carbons (Fsp3) is 0.353. The number of nitro groups is 1. The first-order valence-electron chi connectivity index (χ1n) is 7.96. The smallest absolute Gasteiger partial charge is 0.269 e. The lowest BCUT2D eigenvalue weighted by molar-refractivity contribution is -0.384. The van der Waals surface area contributed by atoms with Crippen molar-refractivity contribution in [2.24, 2.45) is 4.99 Å². The Morgan fingerprint density at radius 2 is 2.00 bits per heavy atom. The van der Waals surface area contributed by atoms with Gasteiger partial charge in [0.25, 0.3) is 5.69 Å². The molecular formula is C17H22N4O2S2. The van der Waals surface area contributed by atoms with Crippen LogP contribution in [0, 0.1) is 10.1 Å². The van der Waals surface area contributed by atoms with Crippen molar-refractivity contribution in [1.29, 1.82) is 0 Å². The number of aliphatic imine (C=N–C) groups is 1. The van der Waals surface area contributed by atoms with Crippen LogP contribution in [0.3, 0.4) is 0 Å². The molecule has 0 radical (unpaired) electrons. The van der Waals surface area contributed by atoms with Crippen molar-refractivity contribution in [3.63, 3.8) is 0 Å². The van der Waals surface area contributed by atoms with Gasteiger partial charge in [0.2, 0.25) is 0 Å². The zero-order chi connectivity index (χ0) is 17.9. The molecule has 2 N–H and O–H groups in total. The second-order valence-electron chi connectivity index (χ2n) is 5.26. The molecule has 6 nitrogen and oxygen atoms in total. The lowest BCUT2D eigenvalue weighted by Gasteiger charge is -2.12. The maximum atomic E-state index is 10.7. The van der Waals surface area contributed by atoms with Crippen LogP contribution in [0.15, 0.2) is 46.8 Å². The van der Waals surface area contributed by atoms with Gasteiger partial charge in [-0.3, -0.25) is 10.1 Å². The molecule has 0 spiro atoms. The Labute approximate surface area is 155 Å². The van der Waals surface area contributed by atoms with E-state index in [9.17, 15) is 10.1 Å². The Hall–Kier alpha value is -2.06. The first-order valence-corrected chi connectivity index (χ1v) is 10.2. The highest BCUT2D eigenvalue weighted by Crippen LogP contribution is 2.12. The Kier molecular flexibility index (Phi) is 8.27. The number of rotatable bonds is 9. The predicted octanol–water partition coefficient (Wildman–Crippen LogP) is 3.30. The molecule has 0 amide bonds. The second kappa shape index (κ2) is 10.7. The second-order valence-corrected chi connectivity index (χ2v) is 7.28. The number of nitro benzene ring substituents is 1. The van der Waals surface area contributed by atoms with E-state index >= 15 is 0 Å². The summed E-state index contributed by atoms with van der Waals surface area (Å²) < 4.78 is 0. The van der Waals surface area contributed by atoms with Gasteiger partial charge in [0.15, 0.2) is 5.96 Å².